The highest BCUT2D eigenvalue weighted by Gasteiger charge is 2.45. The molecule has 0 spiro atoms. The second-order valence-corrected chi connectivity index (χ2v) is 12.0. The number of nitriles is 1. The van der Waals surface area contributed by atoms with Crippen LogP contribution >= 0.6 is 0 Å². The Labute approximate surface area is 206 Å². The van der Waals surface area contributed by atoms with Crippen molar-refractivity contribution >= 4 is 31.7 Å². The Morgan fingerprint density at radius 2 is 1.56 bits per heavy atom. The van der Waals surface area contributed by atoms with Crippen molar-refractivity contribution in [1.29, 1.82) is 5.26 Å². The standard InChI is InChI=1S/C25H18F2N2O5S2/c26-20-9-11-21(12-10-20)36(33,34)29-15-19(13-17-5-7-18(14-28)8-6-17)25(30)24(16-29)35(31,32)23-4-2-1-3-22(23)27/h1-13,24H,15-16H2. The molecule has 0 bridgehead atoms. The molecule has 7 nitrogen and oxygen atoms in total. The fraction of sp³-hybridized carbons (Fsp3) is 0.120. The van der Waals surface area contributed by atoms with E-state index in [0.717, 1.165) is 40.7 Å². The number of hydrogen-bond donors (Lipinski definition) is 0. The molecule has 0 saturated carbocycles. The Morgan fingerprint density at radius 1 is 0.917 bits per heavy atom. The molecular formula is C25H18F2N2O5S2. The lowest BCUT2D eigenvalue weighted by molar-refractivity contribution is -0.116. The van der Waals surface area contributed by atoms with E-state index in [0.29, 0.717) is 11.1 Å². The number of nitrogens with zero attached hydrogens (tertiary/aromatic N) is 2. The molecule has 1 heterocycles. The van der Waals surface area contributed by atoms with Crippen molar-refractivity contribution < 1.29 is 30.4 Å². The van der Waals surface area contributed by atoms with Crippen LogP contribution in [0.2, 0.25) is 0 Å². The van der Waals surface area contributed by atoms with E-state index in [9.17, 15) is 30.4 Å². The lowest BCUT2D eigenvalue weighted by atomic mass is 10.0. The molecule has 1 fully saturated rings. The van der Waals surface area contributed by atoms with E-state index in [1.165, 1.54) is 42.5 Å². The molecule has 184 valence electrons. The topological polar surface area (TPSA) is 112 Å². The molecule has 0 aliphatic carbocycles. The number of carbonyl (C=O) groups is 1. The zero-order valence-electron chi connectivity index (χ0n) is 18.5. The van der Waals surface area contributed by atoms with Gasteiger partial charge in [0.05, 0.1) is 16.5 Å². The quantitative estimate of drug-likeness (QED) is 0.470. The summed E-state index contributed by atoms with van der Waals surface area (Å²) in [5.41, 5.74) is 0.648. The van der Waals surface area contributed by atoms with Gasteiger partial charge in [0, 0.05) is 18.7 Å². The summed E-state index contributed by atoms with van der Waals surface area (Å²) >= 11 is 0. The van der Waals surface area contributed by atoms with Crippen LogP contribution in [0.4, 0.5) is 8.78 Å². The van der Waals surface area contributed by atoms with Crippen molar-refractivity contribution in [3.05, 3.63) is 101 Å². The lowest BCUT2D eigenvalue weighted by Gasteiger charge is -2.32. The zero-order chi connectivity index (χ0) is 26.1. The molecule has 3 aromatic carbocycles. The Balaban J connectivity index is 1.83. The lowest BCUT2D eigenvalue weighted by Crippen LogP contribution is -2.51. The van der Waals surface area contributed by atoms with Crippen molar-refractivity contribution in [2.24, 2.45) is 0 Å². The SMILES string of the molecule is N#Cc1ccc(C=C2CN(S(=O)(=O)c3ccc(F)cc3)CC(S(=O)(=O)c3ccccc3F)C2=O)cc1. The van der Waals surface area contributed by atoms with Gasteiger partial charge >= 0.3 is 0 Å². The second kappa shape index (κ2) is 9.73. The van der Waals surface area contributed by atoms with Gasteiger partial charge in [0.1, 0.15) is 21.8 Å². The minimum atomic E-state index is -4.63. The molecule has 1 aliphatic rings. The van der Waals surface area contributed by atoms with E-state index in [1.807, 2.05) is 6.07 Å². The van der Waals surface area contributed by atoms with Crippen LogP contribution < -0.4 is 0 Å². The van der Waals surface area contributed by atoms with Gasteiger partial charge in [-0.1, -0.05) is 24.3 Å². The van der Waals surface area contributed by atoms with E-state index in [1.54, 1.807) is 0 Å². The maximum absolute atomic E-state index is 14.4. The van der Waals surface area contributed by atoms with Crippen LogP contribution in [0.15, 0.2) is 88.2 Å². The Morgan fingerprint density at radius 3 is 2.17 bits per heavy atom. The first kappa shape index (κ1) is 25.4. The summed E-state index contributed by atoms with van der Waals surface area (Å²) in [6.07, 6.45) is 1.33. The van der Waals surface area contributed by atoms with Crippen LogP contribution in [0.1, 0.15) is 11.1 Å². The number of hydrogen-bond acceptors (Lipinski definition) is 6. The predicted molar refractivity (Wildman–Crippen MR) is 127 cm³/mol. The Kier molecular flexibility index (Phi) is 6.86. The first-order chi connectivity index (χ1) is 17.0. The average molecular weight is 529 g/mol. The summed E-state index contributed by atoms with van der Waals surface area (Å²) in [5, 5.41) is 7.07. The molecule has 4 rings (SSSR count). The molecule has 0 amide bonds. The van der Waals surface area contributed by atoms with E-state index in [-0.39, 0.29) is 10.5 Å². The van der Waals surface area contributed by atoms with Crippen molar-refractivity contribution in [3.63, 3.8) is 0 Å². The Bertz CT molecular complexity index is 1610. The minimum Gasteiger partial charge on any atom is -0.293 e. The number of sulfonamides is 1. The molecule has 0 aromatic heterocycles. The number of carbonyl (C=O) groups excluding carboxylic acids is 1. The zero-order valence-corrected chi connectivity index (χ0v) is 20.1. The maximum atomic E-state index is 14.4. The number of rotatable bonds is 5. The Hall–Kier alpha value is -3.72. The fourth-order valence-electron chi connectivity index (χ4n) is 3.79. The van der Waals surface area contributed by atoms with Crippen molar-refractivity contribution in [2.45, 2.75) is 15.0 Å². The normalized spacial score (nSPS) is 18.2. The molecule has 1 saturated heterocycles. The molecule has 36 heavy (non-hydrogen) atoms. The molecule has 1 unspecified atom stereocenters. The van der Waals surface area contributed by atoms with Crippen LogP contribution in [0.5, 0.6) is 0 Å². The molecular weight excluding hydrogens is 510 g/mol. The minimum absolute atomic E-state index is 0.137. The number of halogens is 2. The van der Waals surface area contributed by atoms with Crippen molar-refractivity contribution in [2.75, 3.05) is 13.1 Å². The molecule has 11 heteroatoms. The second-order valence-electron chi connectivity index (χ2n) is 7.98. The van der Waals surface area contributed by atoms with Crippen LogP contribution in [0.3, 0.4) is 0 Å². The van der Waals surface area contributed by atoms with Gasteiger partial charge in [-0.15, -0.1) is 0 Å². The van der Waals surface area contributed by atoms with E-state index in [4.69, 9.17) is 5.26 Å². The molecule has 0 radical (unpaired) electrons. The van der Waals surface area contributed by atoms with Crippen molar-refractivity contribution in [3.8, 4) is 6.07 Å². The van der Waals surface area contributed by atoms with Crippen molar-refractivity contribution in [1.82, 2.24) is 4.31 Å². The number of Topliss-reactive ketones (excluding diaryl/α,β-unsaturated/α-hetero) is 1. The molecule has 0 N–H and O–H groups in total. The third kappa shape index (κ3) is 4.83. The van der Waals surface area contributed by atoms with Crippen LogP contribution in [0.25, 0.3) is 6.08 Å². The van der Waals surface area contributed by atoms with Gasteiger partial charge < -0.3 is 0 Å². The van der Waals surface area contributed by atoms with Gasteiger partial charge in [-0.2, -0.15) is 9.57 Å². The summed E-state index contributed by atoms with van der Waals surface area (Å²) in [6, 6.07) is 16.5. The van der Waals surface area contributed by atoms with Gasteiger partial charge in [-0.05, 0) is 60.2 Å². The van der Waals surface area contributed by atoms with Gasteiger partial charge in [0.25, 0.3) is 0 Å². The summed E-state index contributed by atoms with van der Waals surface area (Å²) in [6.45, 7) is -1.21. The first-order valence-corrected chi connectivity index (χ1v) is 13.5. The van der Waals surface area contributed by atoms with Gasteiger partial charge in [0.15, 0.2) is 15.6 Å². The highest BCUT2D eigenvalue weighted by Crippen LogP contribution is 2.30. The number of ketones is 1. The first-order valence-electron chi connectivity index (χ1n) is 10.5. The van der Waals surface area contributed by atoms with E-state index >= 15 is 0 Å². The fourth-order valence-corrected chi connectivity index (χ4v) is 7.04. The largest absolute Gasteiger partial charge is 0.293 e. The van der Waals surface area contributed by atoms with Crippen LogP contribution in [-0.4, -0.2) is 45.3 Å². The number of sulfone groups is 1. The highest BCUT2D eigenvalue weighted by atomic mass is 32.2. The molecule has 3 aromatic rings. The summed E-state index contributed by atoms with van der Waals surface area (Å²) in [5.74, 6) is -2.60. The molecule has 1 atom stereocenters. The summed E-state index contributed by atoms with van der Waals surface area (Å²) in [4.78, 5) is 12.3. The third-order valence-corrected chi connectivity index (χ3v) is 9.56. The van der Waals surface area contributed by atoms with Gasteiger partial charge in [-0.3, -0.25) is 4.79 Å². The molecule has 1 aliphatic heterocycles. The average Bonchev–Trinajstić information content (AvgIpc) is 2.86. The third-order valence-electron chi connectivity index (χ3n) is 5.67. The van der Waals surface area contributed by atoms with E-state index < -0.39 is 60.5 Å². The van der Waals surface area contributed by atoms with Gasteiger partial charge in [0.2, 0.25) is 10.0 Å². The number of benzene rings is 3. The number of piperidine rings is 1. The highest BCUT2D eigenvalue weighted by molar-refractivity contribution is 7.93. The monoisotopic (exact) mass is 528 g/mol. The smallest absolute Gasteiger partial charge is 0.243 e. The van der Waals surface area contributed by atoms with Gasteiger partial charge in [-0.25, -0.2) is 25.6 Å². The maximum Gasteiger partial charge on any atom is 0.243 e. The van der Waals surface area contributed by atoms with Crippen LogP contribution in [-0.2, 0) is 24.7 Å². The summed E-state index contributed by atoms with van der Waals surface area (Å²) in [7, 11) is -8.99. The predicted octanol–water partition coefficient (Wildman–Crippen LogP) is 3.34. The summed E-state index contributed by atoms with van der Waals surface area (Å²) < 4.78 is 82.0. The van der Waals surface area contributed by atoms with E-state index in [2.05, 4.69) is 0 Å². The van der Waals surface area contributed by atoms with Crippen LogP contribution in [0, 0.1) is 23.0 Å².